The molecular weight excluding hydrogens is 335 g/mol. The highest BCUT2D eigenvalue weighted by atomic mass is 35.5. The number of nitrogens with zero attached hydrogens (tertiary/aromatic N) is 2. The van der Waals surface area contributed by atoms with Crippen molar-refractivity contribution in [1.82, 2.24) is 4.98 Å². The molecule has 0 atom stereocenters. The molecule has 0 aliphatic rings. The van der Waals surface area contributed by atoms with Crippen LogP contribution in [0.2, 0.25) is 5.15 Å². The predicted octanol–water partition coefficient (Wildman–Crippen LogP) is 4.58. The molecule has 0 spiro atoms. The molecule has 1 aromatic heterocycles. The summed E-state index contributed by atoms with van der Waals surface area (Å²) < 4.78 is 38.6. The van der Waals surface area contributed by atoms with Crippen LogP contribution in [0, 0.1) is 17.0 Å². The fourth-order valence-corrected chi connectivity index (χ4v) is 2.24. The Labute approximate surface area is 134 Å². The Hall–Kier alpha value is -2.35. The van der Waals surface area contributed by atoms with Gasteiger partial charge in [-0.05, 0) is 24.1 Å². The third-order valence-electron chi connectivity index (χ3n) is 3.27. The molecule has 0 fully saturated rings. The lowest BCUT2D eigenvalue weighted by Gasteiger charge is -2.15. The molecule has 0 saturated carbocycles. The van der Waals surface area contributed by atoms with Crippen LogP contribution in [0.15, 0.2) is 30.5 Å². The summed E-state index contributed by atoms with van der Waals surface area (Å²) in [5.41, 5.74) is -0.512. The normalized spacial score (nSPS) is 11.3. The first kappa shape index (κ1) is 17.0. The van der Waals surface area contributed by atoms with Crippen molar-refractivity contribution in [2.45, 2.75) is 19.6 Å². The van der Waals surface area contributed by atoms with Crippen molar-refractivity contribution in [3.8, 4) is 0 Å². The summed E-state index contributed by atoms with van der Waals surface area (Å²) in [6.07, 6.45) is -3.46. The number of hydrogen-bond acceptors (Lipinski definition) is 4. The van der Waals surface area contributed by atoms with Gasteiger partial charge in [0.1, 0.15) is 17.0 Å². The van der Waals surface area contributed by atoms with Crippen molar-refractivity contribution >= 4 is 23.0 Å². The molecule has 0 aliphatic heterocycles. The first-order valence-electron chi connectivity index (χ1n) is 6.39. The van der Waals surface area contributed by atoms with Crippen molar-refractivity contribution in [2.24, 2.45) is 0 Å². The second-order valence-electron chi connectivity index (χ2n) is 4.72. The van der Waals surface area contributed by atoms with Crippen LogP contribution in [0.3, 0.4) is 0 Å². The minimum Gasteiger partial charge on any atom is -0.375 e. The van der Waals surface area contributed by atoms with Gasteiger partial charge in [-0.25, -0.2) is 4.98 Å². The number of rotatable bonds is 4. The average Bonchev–Trinajstić information content (AvgIpc) is 2.44. The molecular formula is C14H11ClF3N3O2. The fourth-order valence-electron chi connectivity index (χ4n) is 2.08. The highest BCUT2D eigenvalue weighted by molar-refractivity contribution is 6.29. The standard InChI is InChI=1S/C14H11ClF3N3O2/c1-8-9(3-2-4-10(8)14(16,17)18)6-19-11-5-13(15)20-7-12(11)21(22)23/h2-5,7H,6H2,1H3,(H,19,20). The van der Waals surface area contributed by atoms with Crippen LogP contribution in [0.25, 0.3) is 0 Å². The second kappa shape index (κ2) is 6.41. The zero-order valence-electron chi connectivity index (χ0n) is 11.8. The third-order valence-corrected chi connectivity index (χ3v) is 3.47. The van der Waals surface area contributed by atoms with Crippen LogP contribution >= 0.6 is 11.6 Å². The first-order valence-corrected chi connectivity index (χ1v) is 6.77. The molecule has 122 valence electrons. The lowest BCUT2D eigenvalue weighted by molar-refractivity contribution is -0.384. The number of alkyl halides is 3. The molecule has 2 rings (SSSR count). The minimum atomic E-state index is -4.45. The second-order valence-corrected chi connectivity index (χ2v) is 5.11. The van der Waals surface area contributed by atoms with Gasteiger partial charge in [0.05, 0.1) is 10.5 Å². The van der Waals surface area contributed by atoms with Crippen molar-refractivity contribution in [3.63, 3.8) is 0 Å². The number of nitro groups is 1. The van der Waals surface area contributed by atoms with E-state index >= 15 is 0 Å². The topological polar surface area (TPSA) is 68.1 Å². The Bertz CT molecular complexity index is 751. The van der Waals surface area contributed by atoms with Crippen LogP contribution in [-0.2, 0) is 12.7 Å². The maximum Gasteiger partial charge on any atom is 0.416 e. The van der Waals surface area contributed by atoms with E-state index in [9.17, 15) is 23.3 Å². The molecule has 0 bridgehead atoms. The van der Waals surface area contributed by atoms with E-state index in [2.05, 4.69) is 10.3 Å². The van der Waals surface area contributed by atoms with E-state index in [1.807, 2.05) is 0 Å². The van der Waals surface area contributed by atoms with Gasteiger partial charge in [-0.2, -0.15) is 13.2 Å². The predicted molar refractivity (Wildman–Crippen MR) is 79.4 cm³/mol. The van der Waals surface area contributed by atoms with Crippen LogP contribution in [0.5, 0.6) is 0 Å². The largest absolute Gasteiger partial charge is 0.416 e. The average molecular weight is 346 g/mol. The Kier molecular flexibility index (Phi) is 4.74. The molecule has 0 saturated heterocycles. The van der Waals surface area contributed by atoms with E-state index in [-0.39, 0.29) is 28.6 Å². The van der Waals surface area contributed by atoms with Gasteiger partial charge in [0.15, 0.2) is 0 Å². The summed E-state index contributed by atoms with van der Waals surface area (Å²) in [7, 11) is 0. The van der Waals surface area contributed by atoms with Crippen molar-refractivity contribution < 1.29 is 18.1 Å². The van der Waals surface area contributed by atoms with E-state index in [0.717, 1.165) is 12.3 Å². The lowest BCUT2D eigenvalue weighted by atomic mass is 10.0. The van der Waals surface area contributed by atoms with Gasteiger partial charge >= 0.3 is 11.9 Å². The zero-order valence-corrected chi connectivity index (χ0v) is 12.6. The van der Waals surface area contributed by atoms with E-state index in [0.29, 0.717) is 5.56 Å². The quantitative estimate of drug-likeness (QED) is 0.500. The molecule has 1 N–H and O–H groups in total. The van der Waals surface area contributed by atoms with Crippen molar-refractivity contribution in [3.05, 3.63) is 62.4 Å². The SMILES string of the molecule is Cc1c(CNc2cc(Cl)ncc2[N+](=O)[O-])cccc1C(F)(F)F. The molecule has 1 aromatic carbocycles. The molecule has 9 heteroatoms. The highest BCUT2D eigenvalue weighted by Crippen LogP contribution is 2.33. The number of benzene rings is 1. The molecule has 5 nitrogen and oxygen atoms in total. The van der Waals surface area contributed by atoms with Gasteiger partial charge in [0.2, 0.25) is 0 Å². The molecule has 1 heterocycles. The van der Waals surface area contributed by atoms with Gasteiger partial charge in [0.25, 0.3) is 0 Å². The van der Waals surface area contributed by atoms with E-state index in [1.54, 1.807) is 0 Å². The van der Waals surface area contributed by atoms with E-state index in [4.69, 9.17) is 11.6 Å². The van der Waals surface area contributed by atoms with E-state index < -0.39 is 16.7 Å². The summed E-state index contributed by atoms with van der Waals surface area (Å²) in [4.78, 5) is 13.9. The minimum absolute atomic E-state index is 0.0169. The smallest absolute Gasteiger partial charge is 0.375 e. The van der Waals surface area contributed by atoms with Crippen LogP contribution < -0.4 is 5.32 Å². The van der Waals surface area contributed by atoms with Gasteiger partial charge in [-0.1, -0.05) is 23.7 Å². The fraction of sp³-hybridized carbons (Fsp3) is 0.214. The number of pyridine rings is 1. The summed E-state index contributed by atoms with van der Waals surface area (Å²) >= 11 is 5.70. The number of nitrogens with one attached hydrogen (secondary N) is 1. The Balaban J connectivity index is 2.29. The molecule has 0 radical (unpaired) electrons. The summed E-state index contributed by atoms with van der Waals surface area (Å²) in [5, 5.41) is 13.7. The molecule has 0 unspecified atom stereocenters. The molecule has 2 aromatic rings. The summed E-state index contributed by atoms with van der Waals surface area (Å²) in [5.74, 6) is 0. The maximum atomic E-state index is 12.9. The van der Waals surface area contributed by atoms with Gasteiger partial charge in [0, 0.05) is 12.6 Å². The Morgan fingerprint density at radius 1 is 1.39 bits per heavy atom. The Morgan fingerprint density at radius 2 is 2.09 bits per heavy atom. The van der Waals surface area contributed by atoms with Crippen LogP contribution in [-0.4, -0.2) is 9.91 Å². The number of halogens is 4. The zero-order chi connectivity index (χ0) is 17.2. The summed E-state index contributed by atoms with van der Waals surface area (Å²) in [6.45, 7) is 1.34. The van der Waals surface area contributed by atoms with E-state index in [1.165, 1.54) is 25.1 Å². The molecule has 0 aliphatic carbocycles. The number of aromatic nitrogens is 1. The van der Waals surface area contributed by atoms with Gasteiger partial charge < -0.3 is 5.32 Å². The molecule has 23 heavy (non-hydrogen) atoms. The maximum absolute atomic E-state index is 12.9. The monoisotopic (exact) mass is 345 g/mol. The number of hydrogen-bond donors (Lipinski definition) is 1. The van der Waals surface area contributed by atoms with Crippen molar-refractivity contribution in [2.75, 3.05) is 5.32 Å². The lowest BCUT2D eigenvalue weighted by Crippen LogP contribution is -2.11. The van der Waals surface area contributed by atoms with Crippen molar-refractivity contribution in [1.29, 1.82) is 0 Å². The third kappa shape index (κ3) is 3.89. The van der Waals surface area contributed by atoms with Gasteiger partial charge in [-0.3, -0.25) is 10.1 Å². The van der Waals surface area contributed by atoms with Gasteiger partial charge in [-0.15, -0.1) is 0 Å². The molecule has 0 amide bonds. The Morgan fingerprint density at radius 3 is 2.70 bits per heavy atom. The van der Waals surface area contributed by atoms with Crippen LogP contribution in [0.1, 0.15) is 16.7 Å². The first-order chi connectivity index (χ1) is 10.7. The summed E-state index contributed by atoms with van der Waals surface area (Å²) in [6, 6.07) is 5.06. The highest BCUT2D eigenvalue weighted by Gasteiger charge is 2.32. The number of anilines is 1. The van der Waals surface area contributed by atoms with Crippen LogP contribution in [0.4, 0.5) is 24.5 Å².